The Kier molecular flexibility index (Phi) is 4.34. The first-order valence-corrected chi connectivity index (χ1v) is 8.27. The van der Waals surface area contributed by atoms with Crippen LogP contribution in [-0.4, -0.2) is 43.8 Å². The maximum atomic E-state index is 12.5. The van der Waals surface area contributed by atoms with Crippen LogP contribution >= 0.6 is 0 Å². The number of aryl methyl sites for hydroxylation is 1. The SMILES string of the molecule is Cn1c(=O)c2c(ncn2CC[N+](C)(C)Cc2ccccc2)n(C)c1=O. The number of quaternary nitrogens is 1. The zero-order valence-corrected chi connectivity index (χ0v) is 15.1. The fraction of sp³-hybridized carbons (Fsp3) is 0.389. The summed E-state index contributed by atoms with van der Waals surface area (Å²) in [5, 5.41) is 0. The Morgan fingerprint density at radius 1 is 1.04 bits per heavy atom. The normalized spacial score (nSPS) is 12.0. The molecule has 0 aliphatic heterocycles. The fourth-order valence-corrected chi connectivity index (χ4v) is 3.10. The number of hydrogen-bond acceptors (Lipinski definition) is 3. The lowest BCUT2D eigenvalue weighted by Gasteiger charge is -2.30. The van der Waals surface area contributed by atoms with Gasteiger partial charge >= 0.3 is 5.69 Å². The molecule has 2 aromatic heterocycles. The number of fused-ring (bicyclic) bond motifs is 1. The molecule has 0 saturated heterocycles. The highest BCUT2D eigenvalue weighted by Gasteiger charge is 2.19. The molecule has 0 saturated carbocycles. The Hall–Kier alpha value is -2.67. The van der Waals surface area contributed by atoms with Gasteiger partial charge in [-0.1, -0.05) is 30.3 Å². The third-order valence-electron chi connectivity index (χ3n) is 4.62. The predicted octanol–water partition coefficient (Wildman–Crippen LogP) is 0.710. The molecule has 0 amide bonds. The van der Waals surface area contributed by atoms with Gasteiger partial charge in [-0.2, -0.15) is 0 Å². The van der Waals surface area contributed by atoms with Crippen molar-refractivity contribution in [3.8, 4) is 0 Å². The molecule has 0 aliphatic carbocycles. The van der Waals surface area contributed by atoms with Gasteiger partial charge in [0.25, 0.3) is 5.56 Å². The van der Waals surface area contributed by atoms with Crippen molar-refractivity contribution in [2.45, 2.75) is 13.1 Å². The first-order valence-electron chi connectivity index (χ1n) is 8.27. The second kappa shape index (κ2) is 6.33. The summed E-state index contributed by atoms with van der Waals surface area (Å²) in [6.07, 6.45) is 1.65. The molecule has 132 valence electrons. The number of likely N-dealkylation sites (N-methyl/N-ethyl adjacent to an activating group) is 1. The molecule has 1 aromatic carbocycles. The van der Waals surface area contributed by atoms with E-state index in [9.17, 15) is 9.59 Å². The van der Waals surface area contributed by atoms with Crippen LogP contribution in [0.1, 0.15) is 5.56 Å². The Labute approximate surface area is 146 Å². The summed E-state index contributed by atoms with van der Waals surface area (Å²) in [5.41, 5.74) is 1.53. The Morgan fingerprint density at radius 2 is 1.72 bits per heavy atom. The number of aromatic nitrogens is 4. The van der Waals surface area contributed by atoms with E-state index < -0.39 is 0 Å². The van der Waals surface area contributed by atoms with Crippen molar-refractivity contribution in [1.29, 1.82) is 0 Å². The summed E-state index contributed by atoms with van der Waals surface area (Å²) in [4.78, 5) is 28.8. The van der Waals surface area contributed by atoms with Crippen molar-refractivity contribution in [2.75, 3.05) is 20.6 Å². The number of hydrogen-bond donors (Lipinski definition) is 0. The summed E-state index contributed by atoms with van der Waals surface area (Å²) < 4.78 is 5.18. The average Bonchev–Trinajstić information content (AvgIpc) is 3.01. The molecular formula is C18H24N5O2+. The van der Waals surface area contributed by atoms with Crippen LogP contribution in [0.4, 0.5) is 0 Å². The summed E-state index contributed by atoms with van der Waals surface area (Å²) in [6.45, 7) is 2.40. The van der Waals surface area contributed by atoms with E-state index in [2.05, 4.69) is 31.2 Å². The minimum atomic E-state index is -0.358. The van der Waals surface area contributed by atoms with E-state index in [1.54, 1.807) is 13.4 Å². The van der Waals surface area contributed by atoms with Crippen LogP contribution in [0.25, 0.3) is 11.2 Å². The standard InChI is InChI=1S/C18H24N5O2/c1-20-16-15(17(24)21(2)18(20)25)22(13-19-16)10-11-23(3,4)12-14-8-6-5-7-9-14/h5-9,13H,10-12H2,1-4H3/q+1. The van der Waals surface area contributed by atoms with E-state index in [-0.39, 0.29) is 11.2 Å². The van der Waals surface area contributed by atoms with Crippen LogP contribution in [0.15, 0.2) is 46.2 Å². The van der Waals surface area contributed by atoms with E-state index in [4.69, 9.17) is 0 Å². The molecule has 0 bridgehead atoms. The molecule has 0 unspecified atom stereocenters. The lowest BCUT2D eigenvalue weighted by Crippen LogP contribution is -2.42. The topological polar surface area (TPSA) is 61.8 Å². The number of imidazole rings is 1. The molecule has 0 aliphatic rings. The van der Waals surface area contributed by atoms with Gasteiger partial charge in [-0.15, -0.1) is 0 Å². The highest BCUT2D eigenvalue weighted by Crippen LogP contribution is 2.11. The summed E-state index contributed by atoms with van der Waals surface area (Å²) in [5.74, 6) is 0. The molecule has 0 spiro atoms. The van der Waals surface area contributed by atoms with Crippen LogP contribution in [0.5, 0.6) is 0 Å². The molecule has 3 aromatic rings. The Balaban J connectivity index is 1.87. The van der Waals surface area contributed by atoms with Crippen molar-refractivity contribution in [3.63, 3.8) is 0 Å². The summed E-state index contributed by atoms with van der Waals surface area (Å²) in [6, 6.07) is 10.4. The molecular weight excluding hydrogens is 318 g/mol. The third-order valence-corrected chi connectivity index (χ3v) is 4.62. The highest BCUT2D eigenvalue weighted by atomic mass is 16.2. The zero-order chi connectivity index (χ0) is 18.2. The number of nitrogens with zero attached hydrogens (tertiary/aromatic N) is 5. The molecule has 0 fully saturated rings. The van der Waals surface area contributed by atoms with Gasteiger partial charge in [-0.3, -0.25) is 13.9 Å². The second-order valence-electron chi connectivity index (χ2n) is 7.12. The van der Waals surface area contributed by atoms with Gasteiger partial charge in [0.1, 0.15) is 6.54 Å². The number of benzene rings is 1. The van der Waals surface area contributed by atoms with Crippen LogP contribution in [0.2, 0.25) is 0 Å². The van der Waals surface area contributed by atoms with E-state index >= 15 is 0 Å². The minimum absolute atomic E-state index is 0.302. The molecule has 2 heterocycles. The lowest BCUT2D eigenvalue weighted by molar-refractivity contribution is -0.904. The maximum Gasteiger partial charge on any atom is 0.332 e. The quantitative estimate of drug-likeness (QED) is 0.642. The molecule has 7 heteroatoms. The van der Waals surface area contributed by atoms with Crippen molar-refractivity contribution >= 4 is 11.2 Å². The first-order chi connectivity index (χ1) is 11.8. The van der Waals surface area contributed by atoms with Crippen molar-refractivity contribution in [3.05, 3.63) is 63.1 Å². The van der Waals surface area contributed by atoms with Crippen LogP contribution in [0, 0.1) is 0 Å². The van der Waals surface area contributed by atoms with E-state index in [1.165, 1.54) is 17.2 Å². The molecule has 0 radical (unpaired) electrons. The van der Waals surface area contributed by atoms with Crippen molar-refractivity contribution in [2.24, 2.45) is 14.1 Å². The van der Waals surface area contributed by atoms with Gasteiger partial charge in [0.2, 0.25) is 0 Å². The summed E-state index contributed by atoms with van der Waals surface area (Å²) >= 11 is 0. The molecule has 0 atom stereocenters. The van der Waals surface area contributed by atoms with Gasteiger partial charge < -0.3 is 9.05 Å². The predicted molar refractivity (Wildman–Crippen MR) is 97.3 cm³/mol. The Bertz CT molecular complexity index is 1010. The van der Waals surface area contributed by atoms with Gasteiger partial charge in [-0.05, 0) is 0 Å². The Morgan fingerprint density at radius 3 is 2.40 bits per heavy atom. The van der Waals surface area contributed by atoms with Crippen LogP contribution < -0.4 is 11.2 Å². The first kappa shape index (κ1) is 17.2. The molecule has 7 nitrogen and oxygen atoms in total. The largest absolute Gasteiger partial charge is 0.332 e. The van der Waals surface area contributed by atoms with E-state index in [1.807, 2.05) is 22.8 Å². The average molecular weight is 342 g/mol. The van der Waals surface area contributed by atoms with Gasteiger partial charge in [0.05, 0.1) is 33.5 Å². The smallest absolute Gasteiger partial charge is 0.323 e. The zero-order valence-electron chi connectivity index (χ0n) is 15.1. The van der Waals surface area contributed by atoms with Gasteiger partial charge in [0.15, 0.2) is 11.2 Å². The van der Waals surface area contributed by atoms with E-state index in [0.29, 0.717) is 17.7 Å². The monoisotopic (exact) mass is 342 g/mol. The van der Waals surface area contributed by atoms with Crippen LogP contribution in [0.3, 0.4) is 0 Å². The lowest BCUT2D eigenvalue weighted by atomic mass is 10.2. The fourth-order valence-electron chi connectivity index (χ4n) is 3.10. The number of rotatable bonds is 5. The van der Waals surface area contributed by atoms with Crippen molar-refractivity contribution in [1.82, 2.24) is 18.7 Å². The second-order valence-corrected chi connectivity index (χ2v) is 7.12. The molecule has 0 N–H and O–H groups in total. The minimum Gasteiger partial charge on any atom is -0.323 e. The highest BCUT2D eigenvalue weighted by molar-refractivity contribution is 5.69. The van der Waals surface area contributed by atoms with Crippen LogP contribution in [-0.2, 0) is 27.2 Å². The van der Waals surface area contributed by atoms with Crippen molar-refractivity contribution < 1.29 is 4.48 Å². The van der Waals surface area contributed by atoms with E-state index in [0.717, 1.165) is 22.1 Å². The summed E-state index contributed by atoms with van der Waals surface area (Å²) in [7, 11) is 7.47. The maximum absolute atomic E-state index is 12.5. The van der Waals surface area contributed by atoms with Gasteiger partial charge in [-0.25, -0.2) is 9.78 Å². The van der Waals surface area contributed by atoms with Gasteiger partial charge in [0, 0.05) is 19.7 Å². The third kappa shape index (κ3) is 3.28. The molecule has 3 rings (SSSR count). The molecule has 25 heavy (non-hydrogen) atoms.